The van der Waals surface area contributed by atoms with Gasteiger partial charge in [0.05, 0.1) is 11.5 Å². The Bertz CT molecular complexity index is 763. The SMILES string of the molecule is Cc1ccc(S(=O)(=O)N(C)CCCOc2cc(C)cc(C)c2)cc1. The van der Waals surface area contributed by atoms with Gasteiger partial charge in [-0.1, -0.05) is 23.8 Å². The van der Waals surface area contributed by atoms with Gasteiger partial charge in [0.1, 0.15) is 5.75 Å². The highest BCUT2D eigenvalue weighted by molar-refractivity contribution is 7.89. The van der Waals surface area contributed by atoms with Crippen LogP contribution in [0.3, 0.4) is 0 Å². The standard InChI is InChI=1S/C19H25NO3S/c1-15-6-8-19(9-7-15)24(21,22)20(4)10-5-11-23-18-13-16(2)12-17(3)14-18/h6-9,12-14H,5,10-11H2,1-4H3. The largest absolute Gasteiger partial charge is 0.494 e. The highest BCUT2D eigenvalue weighted by atomic mass is 32.2. The molecule has 0 N–H and O–H groups in total. The Morgan fingerprint density at radius 3 is 2.08 bits per heavy atom. The van der Waals surface area contributed by atoms with Gasteiger partial charge in [-0.05, 0) is 62.6 Å². The van der Waals surface area contributed by atoms with E-state index in [2.05, 4.69) is 6.07 Å². The molecule has 0 amide bonds. The van der Waals surface area contributed by atoms with Gasteiger partial charge in [-0.25, -0.2) is 12.7 Å². The molecule has 0 aromatic heterocycles. The van der Waals surface area contributed by atoms with Gasteiger partial charge >= 0.3 is 0 Å². The smallest absolute Gasteiger partial charge is 0.242 e. The Morgan fingerprint density at radius 2 is 1.50 bits per heavy atom. The lowest BCUT2D eigenvalue weighted by molar-refractivity contribution is 0.296. The van der Waals surface area contributed by atoms with Crippen LogP contribution in [-0.4, -0.2) is 32.9 Å². The van der Waals surface area contributed by atoms with Crippen LogP contribution < -0.4 is 4.74 Å². The first kappa shape index (κ1) is 18.5. The Hall–Kier alpha value is -1.85. The van der Waals surface area contributed by atoms with E-state index in [4.69, 9.17) is 4.74 Å². The summed E-state index contributed by atoms with van der Waals surface area (Å²) in [4.78, 5) is 0.325. The van der Waals surface area contributed by atoms with Crippen LogP contribution in [0.5, 0.6) is 5.75 Å². The van der Waals surface area contributed by atoms with E-state index in [9.17, 15) is 8.42 Å². The molecule has 0 aliphatic carbocycles. The van der Waals surface area contributed by atoms with Crippen LogP contribution in [0.2, 0.25) is 0 Å². The van der Waals surface area contributed by atoms with Gasteiger partial charge in [-0.15, -0.1) is 0 Å². The molecule has 0 aliphatic rings. The molecule has 0 spiro atoms. The Kier molecular flexibility index (Phi) is 6.02. The van der Waals surface area contributed by atoms with Gasteiger partial charge in [-0.2, -0.15) is 0 Å². The topological polar surface area (TPSA) is 46.6 Å². The van der Waals surface area contributed by atoms with Gasteiger partial charge in [-0.3, -0.25) is 0 Å². The molecule has 0 saturated heterocycles. The lowest BCUT2D eigenvalue weighted by atomic mass is 10.1. The zero-order valence-electron chi connectivity index (χ0n) is 14.7. The van der Waals surface area contributed by atoms with Gasteiger partial charge in [0, 0.05) is 13.6 Å². The number of ether oxygens (including phenoxy) is 1. The summed E-state index contributed by atoms with van der Waals surface area (Å²) in [6.07, 6.45) is 0.634. The van der Waals surface area contributed by atoms with Crippen molar-refractivity contribution in [2.45, 2.75) is 32.1 Å². The van der Waals surface area contributed by atoms with Crippen molar-refractivity contribution in [2.24, 2.45) is 0 Å². The molecule has 24 heavy (non-hydrogen) atoms. The minimum Gasteiger partial charge on any atom is -0.494 e. The van der Waals surface area contributed by atoms with Crippen LogP contribution in [0.4, 0.5) is 0 Å². The third kappa shape index (κ3) is 4.82. The third-order valence-electron chi connectivity index (χ3n) is 3.81. The number of sulfonamides is 1. The van der Waals surface area contributed by atoms with Gasteiger partial charge < -0.3 is 4.74 Å². The molecule has 0 saturated carbocycles. The van der Waals surface area contributed by atoms with Crippen molar-refractivity contribution in [2.75, 3.05) is 20.2 Å². The highest BCUT2D eigenvalue weighted by Crippen LogP contribution is 2.17. The van der Waals surface area contributed by atoms with E-state index in [0.717, 1.165) is 22.4 Å². The average molecular weight is 347 g/mol. The van der Waals surface area contributed by atoms with E-state index in [1.807, 2.05) is 45.0 Å². The van der Waals surface area contributed by atoms with Crippen LogP contribution in [0, 0.1) is 20.8 Å². The van der Waals surface area contributed by atoms with Gasteiger partial charge in [0.2, 0.25) is 10.0 Å². The Labute approximate surface area is 145 Å². The molecule has 0 radical (unpaired) electrons. The number of benzene rings is 2. The Balaban J connectivity index is 1.88. The van der Waals surface area contributed by atoms with E-state index in [-0.39, 0.29) is 0 Å². The highest BCUT2D eigenvalue weighted by Gasteiger charge is 2.19. The average Bonchev–Trinajstić information content (AvgIpc) is 2.50. The fraction of sp³-hybridized carbons (Fsp3) is 0.368. The first-order chi connectivity index (χ1) is 11.3. The molecular weight excluding hydrogens is 322 g/mol. The summed E-state index contributed by atoms with van der Waals surface area (Å²) < 4.78 is 32.1. The van der Waals surface area contributed by atoms with E-state index >= 15 is 0 Å². The molecule has 0 fully saturated rings. The molecule has 0 atom stereocenters. The predicted octanol–water partition coefficient (Wildman–Crippen LogP) is 3.70. The summed E-state index contributed by atoms with van der Waals surface area (Å²) >= 11 is 0. The zero-order valence-corrected chi connectivity index (χ0v) is 15.6. The predicted molar refractivity (Wildman–Crippen MR) is 97.0 cm³/mol. The molecule has 2 aromatic rings. The molecule has 2 rings (SSSR count). The van der Waals surface area contributed by atoms with Crippen LogP contribution in [-0.2, 0) is 10.0 Å². The summed E-state index contributed by atoms with van der Waals surface area (Å²) in [5.74, 6) is 0.830. The van der Waals surface area contributed by atoms with Crippen molar-refractivity contribution in [3.8, 4) is 5.75 Å². The Morgan fingerprint density at radius 1 is 0.917 bits per heavy atom. The fourth-order valence-corrected chi connectivity index (χ4v) is 3.71. The van der Waals surface area contributed by atoms with Crippen molar-refractivity contribution < 1.29 is 13.2 Å². The summed E-state index contributed by atoms with van der Waals surface area (Å²) in [5, 5.41) is 0. The monoisotopic (exact) mass is 347 g/mol. The summed E-state index contributed by atoms with van der Waals surface area (Å²) in [6, 6.07) is 13.0. The molecule has 0 aliphatic heterocycles. The second-order valence-corrected chi connectivity index (χ2v) is 8.21. The maximum atomic E-state index is 12.5. The normalized spacial score (nSPS) is 11.7. The van der Waals surface area contributed by atoms with Crippen molar-refractivity contribution in [3.63, 3.8) is 0 Å². The van der Waals surface area contributed by atoms with Crippen LogP contribution >= 0.6 is 0 Å². The molecule has 0 heterocycles. The lowest BCUT2D eigenvalue weighted by Crippen LogP contribution is -2.28. The van der Waals surface area contributed by atoms with E-state index < -0.39 is 10.0 Å². The minimum absolute atomic E-state index is 0.325. The summed E-state index contributed by atoms with van der Waals surface area (Å²) in [6.45, 7) is 6.89. The number of nitrogens with zero attached hydrogens (tertiary/aromatic N) is 1. The molecule has 4 nitrogen and oxygen atoms in total. The maximum Gasteiger partial charge on any atom is 0.242 e. The number of hydrogen-bond donors (Lipinski definition) is 0. The first-order valence-corrected chi connectivity index (χ1v) is 9.47. The molecular formula is C19H25NO3S. The van der Waals surface area contributed by atoms with E-state index in [0.29, 0.717) is 24.5 Å². The second kappa shape index (κ2) is 7.81. The van der Waals surface area contributed by atoms with Gasteiger partial charge in [0.25, 0.3) is 0 Å². The molecule has 5 heteroatoms. The molecule has 0 unspecified atom stereocenters. The first-order valence-electron chi connectivity index (χ1n) is 8.03. The summed E-state index contributed by atoms with van der Waals surface area (Å²) in [5.41, 5.74) is 3.35. The van der Waals surface area contributed by atoms with Crippen molar-refractivity contribution in [3.05, 3.63) is 59.2 Å². The van der Waals surface area contributed by atoms with Crippen molar-refractivity contribution in [1.82, 2.24) is 4.31 Å². The minimum atomic E-state index is -3.44. The van der Waals surface area contributed by atoms with Crippen LogP contribution in [0.25, 0.3) is 0 Å². The number of rotatable bonds is 7. The van der Waals surface area contributed by atoms with E-state index in [1.165, 1.54) is 4.31 Å². The van der Waals surface area contributed by atoms with Gasteiger partial charge in [0.15, 0.2) is 0 Å². The summed E-state index contributed by atoms with van der Waals surface area (Å²) in [7, 11) is -1.83. The zero-order chi connectivity index (χ0) is 17.7. The van der Waals surface area contributed by atoms with Crippen molar-refractivity contribution >= 4 is 10.0 Å². The molecule has 130 valence electrons. The fourth-order valence-electron chi connectivity index (χ4n) is 2.50. The van der Waals surface area contributed by atoms with Crippen molar-refractivity contribution in [1.29, 1.82) is 0 Å². The quantitative estimate of drug-likeness (QED) is 0.718. The van der Waals surface area contributed by atoms with Crippen LogP contribution in [0.1, 0.15) is 23.1 Å². The lowest BCUT2D eigenvalue weighted by Gasteiger charge is -2.17. The molecule has 2 aromatic carbocycles. The van der Waals surface area contributed by atoms with E-state index in [1.54, 1.807) is 19.2 Å². The number of hydrogen-bond acceptors (Lipinski definition) is 3. The third-order valence-corrected chi connectivity index (χ3v) is 5.68. The van der Waals surface area contributed by atoms with Crippen LogP contribution in [0.15, 0.2) is 47.4 Å². The number of aryl methyl sites for hydroxylation is 3. The maximum absolute atomic E-state index is 12.5. The second-order valence-electron chi connectivity index (χ2n) is 6.17. The molecule has 0 bridgehead atoms.